The van der Waals surface area contributed by atoms with Crippen LogP contribution in [0.2, 0.25) is 26.2 Å². The molecule has 0 saturated heterocycles. The van der Waals surface area contributed by atoms with Crippen LogP contribution in [0, 0.1) is 0 Å². The molecule has 0 aromatic heterocycles. The zero-order chi connectivity index (χ0) is 32.5. The fourth-order valence-corrected chi connectivity index (χ4v) is 28.3. The quantitative estimate of drug-likeness (QED) is 0.144. The molecule has 0 nitrogen and oxygen atoms in total. The molecular formula is C44H42Si3. The molecule has 3 heteroatoms. The maximum Gasteiger partial charge on any atom is 0.165 e. The number of benzene rings is 6. The third-order valence-corrected chi connectivity index (χ3v) is 27.2. The van der Waals surface area contributed by atoms with Crippen LogP contribution < -0.4 is 20.7 Å². The average Bonchev–Trinajstić information content (AvgIpc) is 3.49. The van der Waals surface area contributed by atoms with Crippen molar-refractivity contribution in [1.29, 1.82) is 0 Å². The first-order chi connectivity index (χ1) is 22.9. The lowest BCUT2D eigenvalue weighted by atomic mass is 9.95. The molecule has 1 aliphatic heterocycles. The molecule has 0 bridgehead atoms. The summed E-state index contributed by atoms with van der Waals surface area (Å²) in [4.78, 5) is 3.43. The molecule has 0 saturated carbocycles. The molecule has 0 radical (unpaired) electrons. The Morgan fingerprint density at radius 3 is 0.872 bits per heavy atom. The lowest BCUT2D eigenvalue weighted by Gasteiger charge is -2.45. The van der Waals surface area contributed by atoms with Gasteiger partial charge in [0, 0.05) is 0 Å². The van der Waals surface area contributed by atoms with Gasteiger partial charge in [0.05, 0.1) is 0 Å². The van der Waals surface area contributed by atoms with Gasteiger partial charge in [-0.2, -0.15) is 0 Å². The van der Waals surface area contributed by atoms with Crippen molar-refractivity contribution in [3.05, 3.63) is 203 Å². The summed E-state index contributed by atoms with van der Waals surface area (Å²) < 4.78 is 0. The van der Waals surface area contributed by atoms with E-state index in [-0.39, 0.29) is 0 Å². The molecule has 0 aliphatic carbocycles. The minimum absolute atomic E-state index is 1.33. The fourth-order valence-electron chi connectivity index (χ4n) is 8.22. The normalized spacial score (nSPS) is 14.8. The molecule has 0 spiro atoms. The highest BCUT2D eigenvalue weighted by Crippen LogP contribution is 2.53. The summed E-state index contributed by atoms with van der Waals surface area (Å²) >= 11 is 0. The molecule has 230 valence electrons. The summed E-state index contributed by atoms with van der Waals surface area (Å²) in [5, 5.41) is 5.95. The maximum absolute atomic E-state index is 2.89. The fraction of sp³-hybridized carbons (Fsp3) is 0.0909. The van der Waals surface area contributed by atoms with E-state index in [1.165, 1.54) is 43.0 Å². The van der Waals surface area contributed by atoms with Crippen molar-refractivity contribution in [1.82, 2.24) is 0 Å². The second kappa shape index (κ2) is 12.6. The van der Waals surface area contributed by atoms with E-state index in [0.29, 0.717) is 0 Å². The van der Waals surface area contributed by atoms with Crippen LogP contribution in [0.25, 0.3) is 11.1 Å². The highest BCUT2D eigenvalue weighted by molar-refractivity contribution is 7.33. The van der Waals surface area contributed by atoms with Gasteiger partial charge < -0.3 is 0 Å². The topological polar surface area (TPSA) is 0 Å². The Morgan fingerprint density at radius 1 is 0.319 bits per heavy atom. The molecule has 1 heterocycles. The van der Waals surface area contributed by atoms with Gasteiger partial charge in [0.25, 0.3) is 0 Å². The van der Waals surface area contributed by atoms with E-state index in [0.717, 1.165) is 0 Å². The van der Waals surface area contributed by atoms with Crippen molar-refractivity contribution < 1.29 is 0 Å². The first-order valence-corrected chi connectivity index (χ1v) is 24.7. The molecule has 6 aromatic rings. The SMILES string of the molecule is C[Si](C)(C1=C(c2ccccc2)C(c2ccccc2)=C([Si](C)(C)c2ccccc2)[Si]1(c1ccccc1)c1ccccc1)c1ccccc1. The Balaban J connectivity index is 1.78. The number of allylic oxidation sites excluding steroid dienone is 2. The van der Waals surface area contributed by atoms with Crippen LogP contribution in [0.1, 0.15) is 11.1 Å². The van der Waals surface area contributed by atoms with Crippen molar-refractivity contribution in [2.75, 3.05) is 0 Å². The van der Waals surface area contributed by atoms with E-state index in [2.05, 4.69) is 208 Å². The summed E-state index contributed by atoms with van der Waals surface area (Å²) in [5.41, 5.74) is 5.61. The van der Waals surface area contributed by atoms with E-state index in [9.17, 15) is 0 Å². The van der Waals surface area contributed by atoms with Crippen molar-refractivity contribution >= 4 is 56.1 Å². The summed E-state index contributed by atoms with van der Waals surface area (Å²) in [5.74, 6) is 0. The van der Waals surface area contributed by atoms with Crippen molar-refractivity contribution in [2.45, 2.75) is 26.2 Å². The van der Waals surface area contributed by atoms with E-state index in [1.54, 1.807) is 9.64 Å². The Kier molecular flexibility index (Phi) is 8.31. The standard InChI is InChI=1S/C44H42Si3/c1-45(2,37-27-15-7-16-28-37)43-41(35-23-11-5-12-24-35)42(36-25-13-6-14-26-36)44(46(3,4)38-29-17-8-18-30-38)47(43,39-31-19-9-20-32-39)40-33-21-10-22-34-40/h5-34H,1-4H3. The zero-order valence-corrected chi connectivity index (χ0v) is 30.8. The third kappa shape index (κ3) is 5.19. The monoisotopic (exact) mass is 654 g/mol. The van der Waals surface area contributed by atoms with Gasteiger partial charge in [0.15, 0.2) is 8.07 Å². The maximum atomic E-state index is 2.62. The van der Waals surface area contributed by atoms with Crippen LogP contribution in [-0.4, -0.2) is 24.2 Å². The van der Waals surface area contributed by atoms with Gasteiger partial charge in [-0.15, -0.1) is 0 Å². The van der Waals surface area contributed by atoms with E-state index >= 15 is 0 Å². The van der Waals surface area contributed by atoms with Gasteiger partial charge in [0.1, 0.15) is 16.1 Å². The Hall–Kier alpha value is -4.55. The van der Waals surface area contributed by atoms with Gasteiger partial charge in [-0.1, -0.05) is 228 Å². The number of rotatable bonds is 8. The van der Waals surface area contributed by atoms with Crippen LogP contribution in [0.4, 0.5) is 0 Å². The van der Waals surface area contributed by atoms with Gasteiger partial charge in [-0.25, -0.2) is 0 Å². The van der Waals surface area contributed by atoms with Gasteiger partial charge in [0.2, 0.25) is 0 Å². The second-order valence-corrected chi connectivity index (χ2v) is 27.0. The van der Waals surface area contributed by atoms with E-state index < -0.39 is 24.2 Å². The summed E-state index contributed by atoms with van der Waals surface area (Å²) in [6.45, 7) is 10.5. The predicted molar refractivity (Wildman–Crippen MR) is 212 cm³/mol. The van der Waals surface area contributed by atoms with Gasteiger partial charge in [-0.05, 0) is 32.6 Å². The van der Waals surface area contributed by atoms with Crippen LogP contribution >= 0.6 is 0 Å². The van der Waals surface area contributed by atoms with Crippen molar-refractivity contribution in [3.63, 3.8) is 0 Å². The van der Waals surface area contributed by atoms with Crippen molar-refractivity contribution in [3.8, 4) is 0 Å². The van der Waals surface area contributed by atoms with E-state index in [1.807, 2.05) is 0 Å². The molecule has 0 N–H and O–H groups in total. The zero-order valence-electron chi connectivity index (χ0n) is 27.8. The molecule has 7 rings (SSSR count). The van der Waals surface area contributed by atoms with Crippen LogP contribution in [0.15, 0.2) is 192 Å². The Bertz CT molecular complexity index is 1880. The van der Waals surface area contributed by atoms with E-state index in [4.69, 9.17) is 0 Å². The highest BCUT2D eigenvalue weighted by Gasteiger charge is 2.60. The van der Waals surface area contributed by atoms with Crippen LogP contribution in [0.5, 0.6) is 0 Å². The van der Waals surface area contributed by atoms with Crippen LogP contribution in [-0.2, 0) is 0 Å². The number of hydrogen-bond donors (Lipinski definition) is 0. The molecular weight excluding hydrogens is 613 g/mol. The average molecular weight is 655 g/mol. The van der Waals surface area contributed by atoms with Gasteiger partial charge in [-0.3, -0.25) is 0 Å². The first kappa shape index (κ1) is 31.1. The molecule has 47 heavy (non-hydrogen) atoms. The number of hydrogen-bond acceptors (Lipinski definition) is 0. The largest absolute Gasteiger partial charge is 0.165 e. The van der Waals surface area contributed by atoms with Gasteiger partial charge >= 0.3 is 0 Å². The minimum atomic E-state index is -2.89. The smallest absolute Gasteiger partial charge is 0.0654 e. The Morgan fingerprint density at radius 2 is 0.574 bits per heavy atom. The second-order valence-electron chi connectivity index (χ2n) is 13.7. The molecule has 6 aromatic carbocycles. The summed E-state index contributed by atoms with van der Waals surface area (Å²) in [6, 6.07) is 68.9. The first-order valence-electron chi connectivity index (χ1n) is 16.7. The predicted octanol–water partition coefficient (Wildman–Crippen LogP) is 8.56. The minimum Gasteiger partial charge on any atom is -0.0654 e. The lowest BCUT2D eigenvalue weighted by Crippen LogP contribution is -2.71. The summed E-state index contributed by atoms with van der Waals surface area (Å²) in [7, 11) is -7.62. The molecule has 0 unspecified atom stereocenters. The molecule has 0 fully saturated rings. The molecule has 0 atom stereocenters. The van der Waals surface area contributed by atoms with Crippen molar-refractivity contribution in [2.24, 2.45) is 0 Å². The molecule has 1 aliphatic rings. The summed E-state index contributed by atoms with van der Waals surface area (Å²) in [6.07, 6.45) is 0. The highest BCUT2D eigenvalue weighted by atomic mass is 28.4. The lowest BCUT2D eigenvalue weighted by molar-refractivity contribution is 1.58. The van der Waals surface area contributed by atoms with Crippen LogP contribution in [0.3, 0.4) is 0 Å². The molecule has 0 amide bonds. The third-order valence-electron chi connectivity index (χ3n) is 10.3. The Labute approximate surface area is 283 Å².